The molecule has 0 bridgehead atoms. The standard InChI is InChI=1S/C14H25N2O.HI/c1-12-7-9-13(10-8-12)14(17-15)6-5-11-16(2,3)4;/h7-10,14H,5-6,11,15H2,1-4H3;1H/q+1;/p-1. The van der Waals surface area contributed by atoms with Crippen LogP contribution in [0.25, 0.3) is 0 Å². The molecule has 1 aromatic carbocycles. The highest BCUT2D eigenvalue weighted by atomic mass is 127. The Morgan fingerprint density at radius 3 is 2.17 bits per heavy atom. The number of hydrogen-bond acceptors (Lipinski definition) is 2. The maximum absolute atomic E-state index is 5.39. The van der Waals surface area contributed by atoms with Crippen molar-refractivity contribution >= 4 is 0 Å². The second-order valence-electron chi connectivity index (χ2n) is 5.69. The number of quaternary nitrogens is 1. The van der Waals surface area contributed by atoms with E-state index in [4.69, 9.17) is 10.7 Å². The third-order valence-corrected chi connectivity index (χ3v) is 2.91. The van der Waals surface area contributed by atoms with Crippen molar-refractivity contribution in [3.05, 3.63) is 35.4 Å². The van der Waals surface area contributed by atoms with Crippen LogP contribution in [0.5, 0.6) is 0 Å². The molecular formula is C14H25IN2O. The van der Waals surface area contributed by atoms with Crippen molar-refractivity contribution in [2.75, 3.05) is 27.7 Å². The van der Waals surface area contributed by atoms with E-state index in [-0.39, 0.29) is 30.1 Å². The van der Waals surface area contributed by atoms with Gasteiger partial charge in [0.1, 0.15) is 6.10 Å². The molecule has 0 spiro atoms. The minimum absolute atomic E-state index is 0. The highest BCUT2D eigenvalue weighted by molar-refractivity contribution is 5.23. The lowest BCUT2D eigenvalue weighted by Gasteiger charge is -2.24. The molecule has 3 nitrogen and oxygen atoms in total. The zero-order chi connectivity index (χ0) is 12.9. The van der Waals surface area contributed by atoms with Crippen LogP contribution < -0.4 is 29.9 Å². The van der Waals surface area contributed by atoms with E-state index in [9.17, 15) is 0 Å². The molecule has 0 radical (unpaired) electrons. The van der Waals surface area contributed by atoms with Crippen molar-refractivity contribution in [2.24, 2.45) is 5.90 Å². The maximum Gasteiger partial charge on any atom is 0.104 e. The number of nitrogens with zero attached hydrogens (tertiary/aromatic N) is 1. The first-order valence-corrected chi connectivity index (χ1v) is 6.15. The third kappa shape index (κ3) is 6.68. The van der Waals surface area contributed by atoms with Crippen LogP contribution in [0.15, 0.2) is 24.3 Å². The summed E-state index contributed by atoms with van der Waals surface area (Å²) in [7, 11) is 6.60. The van der Waals surface area contributed by atoms with E-state index in [0.29, 0.717) is 0 Å². The lowest BCUT2D eigenvalue weighted by atomic mass is 10.0. The first-order chi connectivity index (χ1) is 7.92. The van der Waals surface area contributed by atoms with Crippen molar-refractivity contribution < 1.29 is 33.3 Å². The van der Waals surface area contributed by atoms with Crippen molar-refractivity contribution in [1.29, 1.82) is 0 Å². The van der Waals surface area contributed by atoms with Crippen molar-refractivity contribution in [3.63, 3.8) is 0 Å². The minimum Gasteiger partial charge on any atom is -1.00 e. The number of halogens is 1. The zero-order valence-electron chi connectivity index (χ0n) is 11.8. The molecular weight excluding hydrogens is 339 g/mol. The Balaban J connectivity index is 0.00000289. The molecule has 2 N–H and O–H groups in total. The first kappa shape index (κ1) is 17.8. The summed E-state index contributed by atoms with van der Waals surface area (Å²) in [5.74, 6) is 5.39. The van der Waals surface area contributed by atoms with Gasteiger partial charge in [0, 0.05) is 0 Å². The van der Waals surface area contributed by atoms with Gasteiger partial charge < -0.3 is 28.5 Å². The summed E-state index contributed by atoms with van der Waals surface area (Å²) in [5, 5.41) is 0. The molecule has 0 heterocycles. The Labute approximate surface area is 128 Å². The average molecular weight is 364 g/mol. The van der Waals surface area contributed by atoms with Crippen LogP contribution in [0, 0.1) is 6.92 Å². The third-order valence-electron chi connectivity index (χ3n) is 2.91. The largest absolute Gasteiger partial charge is 1.00 e. The quantitative estimate of drug-likeness (QED) is 0.417. The molecule has 0 aliphatic rings. The van der Waals surface area contributed by atoms with Gasteiger partial charge in [0.05, 0.1) is 27.7 Å². The highest BCUT2D eigenvalue weighted by Gasteiger charge is 2.13. The van der Waals surface area contributed by atoms with E-state index in [1.165, 1.54) is 11.1 Å². The zero-order valence-corrected chi connectivity index (χ0v) is 14.0. The summed E-state index contributed by atoms with van der Waals surface area (Å²) in [6.45, 7) is 3.21. The minimum atomic E-state index is 0. The molecule has 1 unspecified atom stereocenters. The van der Waals surface area contributed by atoms with Crippen molar-refractivity contribution in [2.45, 2.75) is 25.9 Å². The molecule has 0 aliphatic heterocycles. The average Bonchev–Trinajstić information content (AvgIpc) is 2.24. The van der Waals surface area contributed by atoms with E-state index in [0.717, 1.165) is 23.9 Å². The Morgan fingerprint density at radius 2 is 1.72 bits per heavy atom. The number of benzene rings is 1. The molecule has 0 aliphatic carbocycles. The number of rotatable bonds is 6. The van der Waals surface area contributed by atoms with Crippen molar-refractivity contribution in [1.82, 2.24) is 0 Å². The van der Waals surface area contributed by atoms with Crippen LogP contribution >= 0.6 is 0 Å². The van der Waals surface area contributed by atoms with Crippen LogP contribution in [-0.4, -0.2) is 32.2 Å². The van der Waals surface area contributed by atoms with Crippen LogP contribution in [-0.2, 0) is 4.84 Å². The number of aryl methyl sites for hydroxylation is 1. The fourth-order valence-corrected chi connectivity index (χ4v) is 1.85. The van der Waals surface area contributed by atoms with Crippen LogP contribution in [0.4, 0.5) is 0 Å². The predicted octanol–water partition coefficient (Wildman–Crippen LogP) is -0.583. The monoisotopic (exact) mass is 364 g/mol. The Hall–Kier alpha value is -0.170. The van der Waals surface area contributed by atoms with E-state index >= 15 is 0 Å². The fraction of sp³-hybridized carbons (Fsp3) is 0.571. The van der Waals surface area contributed by atoms with Gasteiger partial charge in [-0.05, 0) is 25.3 Å². The van der Waals surface area contributed by atoms with Gasteiger partial charge in [-0.25, -0.2) is 5.90 Å². The van der Waals surface area contributed by atoms with Crippen LogP contribution in [0.3, 0.4) is 0 Å². The normalized spacial score (nSPS) is 12.9. The number of nitrogens with two attached hydrogens (primary N) is 1. The Kier molecular flexibility index (Phi) is 8.02. The van der Waals surface area contributed by atoms with Gasteiger partial charge in [-0.1, -0.05) is 29.8 Å². The van der Waals surface area contributed by atoms with Gasteiger partial charge in [0.15, 0.2) is 0 Å². The fourth-order valence-electron chi connectivity index (χ4n) is 1.85. The van der Waals surface area contributed by atoms with Gasteiger partial charge in [-0.15, -0.1) is 0 Å². The topological polar surface area (TPSA) is 35.2 Å². The molecule has 0 fully saturated rings. The summed E-state index contributed by atoms with van der Waals surface area (Å²) in [5.41, 5.74) is 2.43. The summed E-state index contributed by atoms with van der Waals surface area (Å²) in [6.07, 6.45) is 2.09. The molecule has 104 valence electrons. The SMILES string of the molecule is Cc1ccc(C(CCC[N+](C)(C)C)ON)cc1.[I-]. The molecule has 0 aromatic heterocycles. The van der Waals surface area contributed by atoms with E-state index < -0.39 is 0 Å². The van der Waals surface area contributed by atoms with Gasteiger partial charge in [0.25, 0.3) is 0 Å². The van der Waals surface area contributed by atoms with E-state index in [2.05, 4.69) is 52.3 Å². The number of hydrogen-bond donors (Lipinski definition) is 1. The summed E-state index contributed by atoms with van der Waals surface area (Å²) < 4.78 is 0.977. The van der Waals surface area contributed by atoms with Gasteiger partial charge >= 0.3 is 0 Å². The first-order valence-electron chi connectivity index (χ1n) is 6.15. The van der Waals surface area contributed by atoms with Crippen LogP contribution in [0.2, 0.25) is 0 Å². The van der Waals surface area contributed by atoms with Crippen molar-refractivity contribution in [3.8, 4) is 0 Å². The van der Waals surface area contributed by atoms with Crippen LogP contribution in [0.1, 0.15) is 30.1 Å². The second kappa shape index (κ2) is 8.09. The Morgan fingerprint density at radius 1 is 1.17 bits per heavy atom. The Bertz CT molecular complexity index is 333. The molecule has 1 aromatic rings. The summed E-state index contributed by atoms with van der Waals surface area (Å²) >= 11 is 0. The lowest BCUT2D eigenvalue weighted by Crippen LogP contribution is -3.00. The van der Waals surface area contributed by atoms with E-state index in [1.54, 1.807) is 0 Å². The van der Waals surface area contributed by atoms with Gasteiger partial charge in [-0.2, -0.15) is 0 Å². The molecule has 4 heteroatoms. The molecule has 18 heavy (non-hydrogen) atoms. The van der Waals surface area contributed by atoms with Gasteiger partial charge in [0.2, 0.25) is 0 Å². The molecule has 0 amide bonds. The second-order valence-corrected chi connectivity index (χ2v) is 5.69. The molecule has 0 saturated heterocycles. The lowest BCUT2D eigenvalue weighted by molar-refractivity contribution is -0.870. The highest BCUT2D eigenvalue weighted by Crippen LogP contribution is 2.21. The molecule has 0 saturated carbocycles. The smallest absolute Gasteiger partial charge is 0.104 e. The molecule has 1 rings (SSSR count). The summed E-state index contributed by atoms with van der Waals surface area (Å²) in [4.78, 5) is 5.08. The van der Waals surface area contributed by atoms with E-state index in [1.807, 2.05) is 0 Å². The summed E-state index contributed by atoms with van der Waals surface area (Å²) in [6, 6.07) is 8.39. The van der Waals surface area contributed by atoms with Gasteiger partial charge in [-0.3, -0.25) is 4.84 Å². The molecule has 1 atom stereocenters. The predicted molar refractivity (Wildman–Crippen MR) is 71.3 cm³/mol. The maximum atomic E-state index is 5.39.